The maximum atomic E-state index is 13.0. The second-order valence-electron chi connectivity index (χ2n) is 6.88. The van der Waals surface area contributed by atoms with Crippen LogP contribution in [0.2, 0.25) is 0 Å². The normalized spacial score (nSPS) is 13.8. The summed E-state index contributed by atoms with van der Waals surface area (Å²) in [5.74, 6) is -0.944. The van der Waals surface area contributed by atoms with Crippen LogP contribution in [0.4, 0.5) is 17.1 Å². The van der Waals surface area contributed by atoms with Crippen LogP contribution in [0.5, 0.6) is 0 Å². The first kappa shape index (κ1) is 21.0. The van der Waals surface area contributed by atoms with E-state index in [0.29, 0.717) is 11.3 Å². The number of imide groups is 1. The van der Waals surface area contributed by atoms with Gasteiger partial charge in [0.05, 0.1) is 23.6 Å². The summed E-state index contributed by atoms with van der Waals surface area (Å²) < 4.78 is 5.01. The van der Waals surface area contributed by atoms with Gasteiger partial charge in [-0.25, -0.2) is 0 Å². The zero-order chi connectivity index (χ0) is 21.8. The third-order valence-corrected chi connectivity index (χ3v) is 4.71. The topological polar surface area (TPSA) is 105 Å². The minimum absolute atomic E-state index is 0.0962. The summed E-state index contributed by atoms with van der Waals surface area (Å²) in [6, 6.07) is 12.9. The molecule has 9 nitrogen and oxygen atoms in total. The number of carbonyl (C=O) groups excluding carboxylic acids is 2. The Labute approximate surface area is 173 Å². The minimum Gasteiger partial charge on any atom is -0.383 e. The highest BCUT2D eigenvalue weighted by molar-refractivity contribution is 6.36. The van der Waals surface area contributed by atoms with Gasteiger partial charge in [0.1, 0.15) is 5.70 Å². The van der Waals surface area contributed by atoms with Crippen molar-refractivity contribution in [3.8, 4) is 0 Å². The maximum Gasteiger partial charge on any atom is 0.278 e. The number of methoxy groups -OCH3 is 1. The molecule has 0 spiro atoms. The van der Waals surface area contributed by atoms with Crippen LogP contribution in [0.25, 0.3) is 5.57 Å². The van der Waals surface area contributed by atoms with Crippen molar-refractivity contribution in [1.29, 1.82) is 0 Å². The van der Waals surface area contributed by atoms with Gasteiger partial charge in [-0.05, 0) is 42.0 Å². The Balaban J connectivity index is 2.00. The van der Waals surface area contributed by atoms with Gasteiger partial charge in [0.25, 0.3) is 17.5 Å². The molecule has 0 saturated heterocycles. The number of nitrogens with one attached hydrogen (secondary N) is 1. The van der Waals surface area contributed by atoms with Crippen molar-refractivity contribution < 1.29 is 19.2 Å². The van der Waals surface area contributed by atoms with Crippen molar-refractivity contribution in [2.75, 3.05) is 44.6 Å². The van der Waals surface area contributed by atoms with Crippen molar-refractivity contribution in [3.63, 3.8) is 0 Å². The summed E-state index contributed by atoms with van der Waals surface area (Å²) in [6.07, 6.45) is 0. The van der Waals surface area contributed by atoms with Crippen LogP contribution >= 0.6 is 0 Å². The molecule has 0 fully saturated rings. The molecule has 1 aliphatic heterocycles. The average molecular weight is 410 g/mol. The lowest BCUT2D eigenvalue weighted by atomic mass is 10.0. The highest BCUT2D eigenvalue weighted by Gasteiger charge is 2.39. The van der Waals surface area contributed by atoms with Crippen LogP contribution in [0.3, 0.4) is 0 Å². The Morgan fingerprint density at radius 1 is 1.03 bits per heavy atom. The van der Waals surface area contributed by atoms with Gasteiger partial charge >= 0.3 is 0 Å². The number of anilines is 2. The lowest BCUT2D eigenvalue weighted by Gasteiger charge is -2.15. The molecule has 1 N–H and O–H groups in total. The van der Waals surface area contributed by atoms with Crippen LogP contribution in [0.15, 0.2) is 54.2 Å². The standard InChI is InChI=1S/C21H22N4O5/c1-23(2)16-10-6-15(7-11-16)22-19-18(14-4-8-17(9-5-14)25(28)29)20(26)24(21(19)27)12-13-30-3/h4-11,22H,12-13H2,1-3H3. The zero-order valence-electron chi connectivity index (χ0n) is 16.9. The quantitative estimate of drug-likeness (QED) is 0.405. The summed E-state index contributed by atoms with van der Waals surface area (Å²) >= 11 is 0. The van der Waals surface area contributed by atoms with E-state index in [1.54, 1.807) is 0 Å². The molecule has 1 aliphatic rings. The van der Waals surface area contributed by atoms with E-state index >= 15 is 0 Å². The smallest absolute Gasteiger partial charge is 0.278 e. The van der Waals surface area contributed by atoms with E-state index in [1.165, 1.54) is 31.4 Å². The summed E-state index contributed by atoms with van der Waals surface area (Å²) in [7, 11) is 5.33. The van der Waals surface area contributed by atoms with Gasteiger partial charge in [0, 0.05) is 44.7 Å². The highest BCUT2D eigenvalue weighted by atomic mass is 16.6. The summed E-state index contributed by atoms with van der Waals surface area (Å²) in [4.78, 5) is 39.4. The number of hydrogen-bond acceptors (Lipinski definition) is 7. The summed E-state index contributed by atoms with van der Waals surface area (Å²) in [6.45, 7) is 0.311. The van der Waals surface area contributed by atoms with Crippen molar-refractivity contribution in [2.24, 2.45) is 0 Å². The van der Waals surface area contributed by atoms with Crippen molar-refractivity contribution in [3.05, 3.63) is 69.9 Å². The van der Waals surface area contributed by atoms with Crippen molar-refractivity contribution in [2.45, 2.75) is 0 Å². The average Bonchev–Trinajstić information content (AvgIpc) is 2.96. The number of nitrogens with zero attached hydrogens (tertiary/aromatic N) is 3. The fourth-order valence-corrected chi connectivity index (χ4v) is 3.08. The van der Waals surface area contributed by atoms with E-state index in [1.807, 2.05) is 43.3 Å². The van der Waals surface area contributed by atoms with E-state index in [9.17, 15) is 19.7 Å². The summed E-state index contributed by atoms with van der Waals surface area (Å²) in [5.41, 5.74) is 2.25. The molecule has 156 valence electrons. The number of carbonyl (C=O) groups is 2. The monoisotopic (exact) mass is 410 g/mol. The van der Waals surface area contributed by atoms with Crippen LogP contribution in [0, 0.1) is 10.1 Å². The van der Waals surface area contributed by atoms with E-state index in [2.05, 4.69) is 5.32 Å². The first-order valence-corrected chi connectivity index (χ1v) is 9.22. The Morgan fingerprint density at radius 3 is 2.20 bits per heavy atom. The molecule has 2 aromatic rings. The SMILES string of the molecule is COCCN1C(=O)C(Nc2ccc(N(C)C)cc2)=C(c2ccc([N+](=O)[O-])cc2)C1=O. The molecule has 2 aromatic carbocycles. The minimum atomic E-state index is -0.518. The molecule has 30 heavy (non-hydrogen) atoms. The van der Waals surface area contributed by atoms with E-state index in [-0.39, 0.29) is 30.1 Å². The Bertz CT molecular complexity index is 997. The molecule has 0 saturated carbocycles. The third-order valence-electron chi connectivity index (χ3n) is 4.71. The number of amides is 2. The second kappa shape index (κ2) is 8.75. The summed E-state index contributed by atoms with van der Waals surface area (Å²) in [5, 5.41) is 14.0. The van der Waals surface area contributed by atoms with Crippen molar-refractivity contribution in [1.82, 2.24) is 4.90 Å². The highest BCUT2D eigenvalue weighted by Crippen LogP contribution is 2.31. The molecule has 0 atom stereocenters. The molecule has 0 unspecified atom stereocenters. The molecule has 0 radical (unpaired) electrons. The Kier molecular flexibility index (Phi) is 6.12. The molecule has 0 aromatic heterocycles. The Hall–Kier alpha value is -3.72. The maximum absolute atomic E-state index is 13.0. The predicted octanol–water partition coefficient (Wildman–Crippen LogP) is 2.50. The molecule has 0 bridgehead atoms. The van der Waals surface area contributed by atoms with Gasteiger partial charge in [-0.3, -0.25) is 24.6 Å². The van der Waals surface area contributed by atoms with E-state index in [0.717, 1.165) is 10.6 Å². The van der Waals surface area contributed by atoms with Crippen LogP contribution < -0.4 is 10.2 Å². The molecular weight excluding hydrogens is 388 g/mol. The molecule has 1 heterocycles. The van der Waals surface area contributed by atoms with Gasteiger partial charge in [0.15, 0.2) is 0 Å². The molecular formula is C21H22N4O5. The number of nitro benzene ring substituents is 1. The van der Waals surface area contributed by atoms with E-state index < -0.39 is 16.7 Å². The lowest BCUT2D eigenvalue weighted by Crippen LogP contribution is -2.35. The first-order chi connectivity index (χ1) is 14.3. The van der Waals surface area contributed by atoms with Crippen LogP contribution in [-0.2, 0) is 14.3 Å². The number of ether oxygens (including phenoxy) is 1. The predicted molar refractivity (Wildman–Crippen MR) is 113 cm³/mol. The molecule has 0 aliphatic carbocycles. The van der Waals surface area contributed by atoms with Gasteiger partial charge in [-0.1, -0.05) is 0 Å². The van der Waals surface area contributed by atoms with Gasteiger partial charge in [-0.2, -0.15) is 0 Å². The Morgan fingerprint density at radius 2 is 1.67 bits per heavy atom. The van der Waals surface area contributed by atoms with Gasteiger partial charge in [0.2, 0.25) is 0 Å². The van der Waals surface area contributed by atoms with Crippen LogP contribution in [-0.4, -0.2) is 56.0 Å². The van der Waals surface area contributed by atoms with Gasteiger partial charge in [-0.15, -0.1) is 0 Å². The number of benzene rings is 2. The van der Waals surface area contributed by atoms with Crippen LogP contribution in [0.1, 0.15) is 5.56 Å². The number of rotatable bonds is 8. The van der Waals surface area contributed by atoms with Gasteiger partial charge < -0.3 is 15.0 Å². The lowest BCUT2D eigenvalue weighted by molar-refractivity contribution is -0.384. The fourth-order valence-electron chi connectivity index (χ4n) is 3.08. The third kappa shape index (κ3) is 4.15. The number of hydrogen-bond donors (Lipinski definition) is 1. The fraction of sp³-hybridized carbons (Fsp3) is 0.238. The van der Waals surface area contributed by atoms with Crippen molar-refractivity contribution >= 4 is 34.4 Å². The number of non-ortho nitro benzene ring substituents is 1. The largest absolute Gasteiger partial charge is 0.383 e. The first-order valence-electron chi connectivity index (χ1n) is 9.22. The molecule has 2 amide bonds. The molecule has 3 rings (SSSR count). The zero-order valence-corrected chi connectivity index (χ0v) is 16.9. The second-order valence-corrected chi connectivity index (χ2v) is 6.88. The van der Waals surface area contributed by atoms with E-state index in [4.69, 9.17) is 4.74 Å². The number of nitro groups is 1. The molecule has 9 heteroatoms.